The highest BCUT2D eigenvalue weighted by atomic mass is 16.5. The maximum Gasteiger partial charge on any atom is 0.333 e. The molecule has 21 heavy (non-hydrogen) atoms. The zero-order valence-electron chi connectivity index (χ0n) is 11.3. The number of aliphatic carboxylic acids is 2. The van der Waals surface area contributed by atoms with Crippen molar-refractivity contribution in [1.82, 2.24) is 0 Å². The molecule has 0 aliphatic rings. The van der Waals surface area contributed by atoms with Gasteiger partial charge in [-0.1, -0.05) is 13.2 Å². The van der Waals surface area contributed by atoms with Crippen LogP contribution in [0.15, 0.2) is 24.3 Å². The van der Waals surface area contributed by atoms with Crippen LogP contribution >= 0.6 is 0 Å². The van der Waals surface area contributed by atoms with Crippen molar-refractivity contribution in [2.75, 3.05) is 13.2 Å². The Bertz CT molecular complexity index is 421. The molecular formula is C13H16O8. The second kappa shape index (κ2) is 9.29. The first-order valence-corrected chi connectivity index (χ1v) is 5.87. The summed E-state index contributed by atoms with van der Waals surface area (Å²) in [5.41, 5.74) is -0.372. The fraction of sp³-hybridized carbons (Fsp3) is 0.385. The molecule has 0 aromatic carbocycles. The molecule has 0 rings (SSSR count). The number of hydrogen-bond donors (Lipinski definition) is 2. The number of esters is 2. The van der Waals surface area contributed by atoms with Gasteiger partial charge in [0.1, 0.15) is 0 Å². The Hall–Kier alpha value is -2.64. The summed E-state index contributed by atoms with van der Waals surface area (Å²) in [6.45, 7) is 6.36. The van der Waals surface area contributed by atoms with Gasteiger partial charge in [0.15, 0.2) is 0 Å². The molecule has 0 unspecified atom stereocenters. The molecule has 8 nitrogen and oxygen atoms in total. The van der Waals surface area contributed by atoms with E-state index in [1.54, 1.807) is 0 Å². The predicted molar refractivity (Wildman–Crippen MR) is 69.3 cm³/mol. The molecule has 0 radical (unpaired) electrons. The minimum Gasteiger partial charge on any atom is -0.481 e. The van der Waals surface area contributed by atoms with E-state index in [1.807, 2.05) is 0 Å². The Kier molecular flexibility index (Phi) is 8.13. The van der Waals surface area contributed by atoms with Gasteiger partial charge in [-0.05, 0) is 0 Å². The Balaban J connectivity index is 3.82. The van der Waals surface area contributed by atoms with E-state index in [4.69, 9.17) is 19.7 Å². The lowest BCUT2D eigenvalue weighted by Crippen LogP contribution is -2.14. The van der Waals surface area contributed by atoms with Gasteiger partial charge in [-0.25, -0.2) is 9.59 Å². The molecule has 0 heterocycles. The minimum absolute atomic E-state index is 0.0871. The van der Waals surface area contributed by atoms with Crippen LogP contribution in [0.4, 0.5) is 0 Å². The molecule has 0 aromatic heterocycles. The van der Waals surface area contributed by atoms with Crippen LogP contribution in [0.3, 0.4) is 0 Å². The van der Waals surface area contributed by atoms with E-state index in [0.717, 1.165) is 0 Å². The van der Waals surface area contributed by atoms with E-state index < -0.39 is 36.7 Å². The summed E-state index contributed by atoms with van der Waals surface area (Å²) in [5.74, 6) is -4.05. The lowest BCUT2D eigenvalue weighted by molar-refractivity contribution is -0.145. The number of ether oxygens (including phenoxy) is 2. The fourth-order valence-electron chi connectivity index (χ4n) is 1.10. The van der Waals surface area contributed by atoms with E-state index >= 15 is 0 Å². The Labute approximate surface area is 120 Å². The van der Waals surface area contributed by atoms with Crippen LogP contribution in [-0.2, 0) is 28.7 Å². The van der Waals surface area contributed by atoms with Crippen LogP contribution in [0.2, 0.25) is 0 Å². The summed E-state index contributed by atoms with van der Waals surface area (Å²) in [7, 11) is 0. The maximum absolute atomic E-state index is 11.2. The summed E-state index contributed by atoms with van der Waals surface area (Å²) in [5, 5.41) is 16.9. The van der Waals surface area contributed by atoms with E-state index in [-0.39, 0.29) is 30.8 Å². The van der Waals surface area contributed by atoms with E-state index in [0.29, 0.717) is 0 Å². The average molecular weight is 300 g/mol. The van der Waals surface area contributed by atoms with Crippen molar-refractivity contribution in [2.45, 2.75) is 19.3 Å². The summed E-state index contributed by atoms with van der Waals surface area (Å²) < 4.78 is 9.40. The van der Waals surface area contributed by atoms with Gasteiger partial charge < -0.3 is 19.7 Å². The molecule has 0 aromatic rings. The van der Waals surface area contributed by atoms with Crippen LogP contribution in [0.25, 0.3) is 0 Å². The standard InChI is InChI=1S/C13H16O8/c1-8(6-10(14)15)12(18)20-4-3-5-21-13(19)9(2)7-11(16)17/h1-7H2,(H,14,15)(H,16,17). The zero-order chi connectivity index (χ0) is 16.4. The molecule has 8 heteroatoms. The molecular weight excluding hydrogens is 284 g/mol. The topological polar surface area (TPSA) is 127 Å². The second-order valence-corrected chi connectivity index (χ2v) is 3.97. The molecule has 0 bridgehead atoms. The number of hydrogen-bond acceptors (Lipinski definition) is 6. The van der Waals surface area contributed by atoms with Crippen LogP contribution in [0.1, 0.15) is 19.3 Å². The van der Waals surface area contributed by atoms with E-state index in [1.165, 1.54) is 0 Å². The third-order valence-electron chi connectivity index (χ3n) is 2.06. The van der Waals surface area contributed by atoms with Gasteiger partial charge in [0, 0.05) is 17.6 Å². The van der Waals surface area contributed by atoms with Crippen molar-refractivity contribution in [3.05, 3.63) is 24.3 Å². The highest BCUT2D eigenvalue weighted by Crippen LogP contribution is 2.03. The molecule has 0 saturated heterocycles. The summed E-state index contributed by atoms with van der Waals surface area (Å²) >= 11 is 0. The molecule has 0 aliphatic carbocycles. The minimum atomic E-state index is -1.19. The summed E-state index contributed by atoms with van der Waals surface area (Å²) in [4.78, 5) is 43.1. The molecule has 0 saturated carbocycles. The molecule has 116 valence electrons. The summed E-state index contributed by atoms with van der Waals surface area (Å²) in [6.07, 6.45) is -0.843. The number of rotatable bonds is 10. The first-order valence-electron chi connectivity index (χ1n) is 5.87. The van der Waals surface area contributed by atoms with E-state index in [9.17, 15) is 19.2 Å². The molecule has 0 amide bonds. The quantitative estimate of drug-likeness (QED) is 0.339. The van der Waals surface area contributed by atoms with Gasteiger partial charge in [-0.15, -0.1) is 0 Å². The van der Waals surface area contributed by atoms with Gasteiger partial charge in [0.2, 0.25) is 0 Å². The SMILES string of the molecule is C=C(CC(=O)O)C(=O)OCCCOC(=O)C(=C)CC(=O)O. The number of carbonyl (C=O) groups is 4. The van der Waals surface area contributed by atoms with E-state index in [2.05, 4.69) is 13.2 Å². The maximum atomic E-state index is 11.2. The zero-order valence-corrected chi connectivity index (χ0v) is 11.3. The first kappa shape index (κ1) is 18.4. The number of carboxylic acid groups (broad SMARTS) is 2. The number of carboxylic acids is 2. The molecule has 0 aliphatic heterocycles. The Morgan fingerprint density at radius 1 is 0.762 bits per heavy atom. The first-order chi connectivity index (χ1) is 9.73. The van der Waals surface area contributed by atoms with Crippen molar-refractivity contribution in [2.24, 2.45) is 0 Å². The lowest BCUT2D eigenvalue weighted by atomic mass is 10.2. The van der Waals surface area contributed by atoms with Crippen molar-refractivity contribution in [3.8, 4) is 0 Å². The highest BCUT2D eigenvalue weighted by Gasteiger charge is 2.13. The normalized spacial score (nSPS) is 9.52. The van der Waals surface area contributed by atoms with Gasteiger partial charge in [-0.2, -0.15) is 0 Å². The van der Waals surface area contributed by atoms with Crippen LogP contribution in [-0.4, -0.2) is 47.3 Å². The fourth-order valence-corrected chi connectivity index (χ4v) is 1.10. The largest absolute Gasteiger partial charge is 0.481 e. The third kappa shape index (κ3) is 8.98. The highest BCUT2D eigenvalue weighted by molar-refractivity contribution is 5.93. The van der Waals surface area contributed by atoms with Crippen molar-refractivity contribution >= 4 is 23.9 Å². The van der Waals surface area contributed by atoms with Gasteiger partial charge in [0.25, 0.3) is 0 Å². The average Bonchev–Trinajstić information content (AvgIpc) is 2.36. The van der Waals surface area contributed by atoms with Crippen molar-refractivity contribution < 1.29 is 38.9 Å². The van der Waals surface area contributed by atoms with Gasteiger partial charge in [0.05, 0.1) is 26.1 Å². The van der Waals surface area contributed by atoms with Crippen LogP contribution in [0, 0.1) is 0 Å². The lowest BCUT2D eigenvalue weighted by Gasteiger charge is -2.07. The van der Waals surface area contributed by atoms with Gasteiger partial charge >= 0.3 is 23.9 Å². The Morgan fingerprint density at radius 2 is 1.10 bits per heavy atom. The molecule has 0 spiro atoms. The third-order valence-corrected chi connectivity index (χ3v) is 2.06. The molecule has 2 N–H and O–H groups in total. The predicted octanol–water partition coefficient (Wildman–Crippen LogP) is 0.525. The number of carbonyl (C=O) groups excluding carboxylic acids is 2. The van der Waals surface area contributed by atoms with Crippen LogP contribution < -0.4 is 0 Å². The van der Waals surface area contributed by atoms with Crippen LogP contribution in [0.5, 0.6) is 0 Å². The molecule has 0 atom stereocenters. The monoisotopic (exact) mass is 300 g/mol. The summed E-state index contributed by atoms with van der Waals surface area (Å²) in [6, 6.07) is 0. The van der Waals surface area contributed by atoms with Crippen molar-refractivity contribution in [3.63, 3.8) is 0 Å². The van der Waals surface area contributed by atoms with Crippen molar-refractivity contribution in [1.29, 1.82) is 0 Å². The second-order valence-electron chi connectivity index (χ2n) is 3.97. The molecule has 0 fully saturated rings. The smallest absolute Gasteiger partial charge is 0.333 e. The Morgan fingerprint density at radius 3 is 1.38 bits per heavy atom. The van der Waals surface area contributed by atoms with Gasteiger partial charge in [-0.3, -0.25) is 9.59 Å².